The molecule has 1 aliphatic rings. The Morgan fingerprint density at radius 2 is 2.06 bits per heavy atom. The molecular formula is C14H20N4. The first-order chi connectivity index (χ1) is 8.78. The lowest BCUT2D eigenvalue weighted by Gasteiger charge is -2.19. The second-order valence-electron chi connectivity index (χ2n) is 5.27. The van der Waals surface area contributed by atoms with Gasteiger partial charge in [0.2, 0.25) is 0 Å². The third-order valence-electron chi connectivity index (χ3n) is 3.91. The van der Waals surface area contributed by atoms with Gasteiger partial charge in [0.15, 0.2) is 5.65 Å². The van der Waals surface area contributed by atoms with Crippen molar-refractivity contribution in [2.45, 2.75) is 51.5 Å². The van der Waals surface area contributed by atoms with Gasteiger partial charge in [-0.3, -0.25) is 0 Å². The minimum absolute atomic E-state index is 0.487. The highest BCUT2D eigenvalue weighted by Crippen LogP contribution is 2.32. The summed E-state index contributed by atoms with van der Waals surface area (Å²) in [5.41, 5.74) is 9.87. The van der Waals surface area contributed by atoms with E-state index in [4.69, 9.17) is 10.8 Å². The molecule has 0 atom stereocenters. The van der Waals surface area contributed by atoms with Crippen LogP contribution in [0, 0.1) is 6.92 Å². The van der Waals surface area contributed by atoms with E-state index in [0.717, 1.165) is 17.0 Å². The second kappa shape index (κ2) is 4.69. The van der Waals surface area contributed by atoms with Crippen molar-refractivity contribution < 1.29 is 0 Å². The quantitative estimate of drug-likeness (QED) is 0.883. The fraction of sp³-hybridized carbons (Fsp3) is 0.571. The number of nitrogens with zero attached hydrogens (tertiary/aromatic N) is 3. The van der Waals surface area contributed by atoms with Crippen LogP contribution in [0.15, 0.2) is 12.1 Å². The van der Waals surface area contributed by atoms with Crippen LogP contribution in [0.25, 0.3) is 5.65 Å². The van der Waals surface area contributed by atoms with Gasteiger partial charge in [0, 0.05) is 24.2 Å². The molecule has 4 nitrogen and oxygen atoms in total. The van der Waals surface area contributed by atoms with Gasteiger partial charge in [-0.2, -0.15) is 5.10 Å². The highest BCUT2D eigenvalue weighted by atomic mass is 15.3. The van der Waals surface area contributed by atoms with Crippen molar-refractivity contribution in [1.82, 2.24) is 14.6 Å². The van der Waals surface area contributed by atoms with Gasteiger partial charge in [-0.25, -0.2) is 9.50 Å². The van der Waals surface area contributed by atoms with E-state index in [-0.39, 0.29) is 0 Å². The van der Waals surface area contributed by atoms with Crippen molar-refractivity contribution in [2.75, 3.05) is 0 Å². The standard InChI is InChI=1S/C14H20N4/c1-10-7-12(9-15)16-14-8-13(17-18(10)14)11-5-3-2-4-6-11/h7-8,11H,2-6,9,15H2,1H3. The molecule has 0 aliphatic heterocycles. The van der Waals surface area contributed by atoms with Crippen LogP contribution in [0.3, 0.4) is 0 Å². The molecule has 96 valence electrons. The van der Waals surface area contributed by atoms with Gasteiger partial charge < -0.3 is 5.73 Å². The van der Waals surface area contributed by atoms with E-state index < -0.39 is 0 Å². The predicted molar refractivity (Wildman–Crippen MR) is 71.4 cm³/mol. The number of rotatable bonds is 2. The molecule has 3 rings (SSSR count). The molecule has 0 aromatic carbocycles. The van der Waals surface area contributed by atoms with Crippen LogP contribution in [0.4, 0.5) is 0 Å². The topological polar surface area (TPSA) is 56.2 Å². The summed E-state index contributed by atoms with van der Waals surface area (Å²) in [6, 6.07) is 4.16. The summed E-state index contributed by atoms with van der Waals surface area (Å²) < 4.78 is 1.95. The predicted octanol–water partition coefficient (Wildman–Crippen LogP) is 2.54. The number of aryl methyl sites for hydroxylation is 1. The molecule has 4 heteroatoms. The van der Waals surface area contributed by atoms with Gasteiger partial charge in [-0.05, 0) is 25.8 Å². The summed E-state index contributed by atoms with van der Waals surface area (Å²) in [6.07, 6.45) is 6.58. The highest BCUT2D eigenvalue weighted by molar-refractivity contribution is 5.42. The minimum atomic E-state index is 0.487. The van der Waals surface area contributed by atoms with Gasteiger partial charge in [-0.15, -0.1) is 0 Å². The highest BCUT2D eigenvalue weighted by Gasteiger charge is 2.19. The lowest BCUT2D eigenvalue weighted by atomic mass is 9.87. The number of hydrogen-bond acceptors (Lipinski definition) is 3. The summed E-state index contributed by atoms with van der Waals surface area (Å²) in [4.78, 5) is 4.55. The van der Waals surface area contributed by atoms with Gasteiger partial charge in [0.05, 0.1) is 11.4 Å². The molecular weight excluding hydrogens is 224 g/mol. The van der Waals surface area contributed by atoms with Crippen LogP contribution in [0.1, 0.15) is 55.1 Å². The van der Waals surface area contributed by atoms with Crippen LogP contribution in [-0.4, -0.2) is 14.6 Å². The molecule has 2 aromatic rings. The molecule has 0 unspecified atom stereocenters. The molecule has 1 saturated carbocycles. The van der Waals surface area contributed by atoms with Gasteiger partial charge in [0.25, 0.3) is 0 Å². The first-order valence-corrected chi connectivity index (χ1v) is 6.84. The lowest BCUT2D eigenvalue weighted by molar-refractivity contribution is 0.435. The number of aromatic nitrogens is 3. The number of fused-ring (bicyclic) bond motifs is 1. The average molecular weight is 244 g/mol. The Morgan fingerprint density at radius 1 is 1.28 bits per heavy atom. The van der Waals surface area contributed by atoms with Gasteiger partial charge in [-0.1, -0.05) is 19.3 Å². The lowest BCUT2D eigenvalue weighted by Crippen LogP contribution is -2.06. The molecule has 0 amide bonds. The molecule has 0 radical (unpaired) electrons. The smallest absolute Gasteiger partial charge is 0.155 e. The third-order valence-corrected chi connectivity index (χ3v) is 3.91. The van der Waals surface area contributed by atoms with E-state index in [1.807, 2.05) is 10.6 Å². The van der Waals surface area contributed by atoms with E-state index in [1.165, 1.54) is 37.8 Å². The largest absolute Gasteiger partial charge is 0.325 e. The Balaban J connectivity index is 2.01. The van der Waals surface area contributed by atoms with Crippen LogP contribution in [0.5, 0.6) is 0 Å². The van der Waals surface area contributed by atoms with Gasteiger partial charge >= 0.3 is 0 Å². The zero-order chi connectivity index (χ0) is 12.5. The summed E-state index contributed by atoms with van der Waals surface area (Å²) in [6.45, 7) is 2.55. The average Bonchev–Trinajstić information content (AvgIpc) is 2.84. The zero-order valence-corrected chi connectivity index (χ0v) is 10.9. The van der Waals surface area contributed by atoms with Crippen LogP contribution >= 0.6 is 0 Å². The van der Waals surface area contributed by atoms with Crippen molar-refractivity contribution in [3.63, 3.8) is 0 Å². The monoisotopic (exact) mass is 244 g/mol. The summed E-state index contributed by atoms with van der Waals surface area (Å²) >= 11 is 0. The number of hydrogen-bond donors (Lipinski definition) is 1. The van der Waals surface area contributed by atoms with Crippen molar-refractivity contribution in [3.05, 3.63) is 29.2 Å². The summed E-state index contributed by atoms with van der Waals surface area (Å²) in [5.74, 6) is 0.626. The number of nitrogens with two attached hydrogens (primary N) is 1. The van der Waals surface area contributed by atoms with Crippen LogP contribution < -0.4 is 5.73 Å². The normalized spacial score (nSPS) is 17.4. The minimum Gasteiger partial charge on any atom is -0.325 e. The molecule has 0 bridgehead atoms. The first-order valence-electron chi connectivity index (χ1n) is 6.84. The molecule has 0 saturated heterocycles. The Hall–Kier alpha value is -1.42. The molecule has 2 aromatic heterocycles. The fourth-order valence-electron chi connectivity index (χ4n) is 2.91. The van der Waals surface area contributed by atoms with Crippen molar-refractivity contribution in [1.29, 1.82) is 0 Å². The summed E-state index contributed by atoms with van der Waals surface area (Å²) in [7, 11) is 0. The maximum atomic E-state index is 5.67. The van der Waals surface area contributed by atoms with Crippen LogP contribution in [0.2, 0.25) is 0 Å². The Kier molecular flexibility index (Phi) is 3.04. The van der Waals surface area contributed by atoms with Gasteiger partial charge in [0.1, 0.15) is 0 Å². The molecule has 1 fully saturated rings. The summed E-state index contributed by atoms with van der Waals surface area (Å²) in [5, 5.41) is 4.72. The van der Waals surface area contributed by atoms with E-state index in [2.05, 4.69) is 18.0 Å². The van der Waals surface area contributed by atoms with E-state index in [1.54, 1.807) is 0 Å². The van der Waals surface area contributed by atoms with Crippen molar-refractivity contribution in [2.24, 2.45) is 5.73 Å². The maximum Gasteiger partial charge on any atom is 0.155 e. The SMILES string of the molecule is Cc1cc(CN)nc2cc(C3CCCCC3)nn12. The van der Waals surface area contributed by atoms with E-state index in [0.29, 0.717) is 12.5 Å². The molecule has 2 N–H and O–H groups in total. The molecule has 1 aliphatic carbocycles. The molecule has 0 spiro atoms. The Morgan fingerprint density at radius 3 is 2.78 bits per heavy atom. The van der Waals surface area contributed by atoms with Crippen LogP contribution in [-0.2, 0) is 6.54 Å². The van der Waals surface area contributed by atoms with Crippen molar-refractivity contribution in [3.8, 4) is 0 Å². The Labute approximate surface area is 107 Å². The fourth-order valence-corrected chi connectivity index (χ4v) is 2.91. The molecule has 2 heterocycles. The van der Waals surface area contributed by atoms with E-state index in [9.17, 15) is 0 Å². The van der Waals surface area contributed by atoms with E-state index >= 15 is 0 Å². The van der Waals surface area contributed by atoms with Crippen molar-refractivity contribution >= 4 is 5.65 Å². The maximum absolute atomic E-state index is 5.67. The molecule has 18 heavy (non-hydrogen) atoms. The third kappa shape index (κ3) is 2.01. The first kappa shape index (κ1) is 11.7. The second-order valence-corrected chi connectivity index (χ2v) is 5.27. The Bertz CT molecular complexity index is 552. The zero-order valence-electron chi connectivity index (χ0n) is 10.9.